The van der Waals surface area contributed by atoms with Crippen LogP contribution < -0.4 is 26.7 Å². The average molecular weight is 428 g/mol. The first kappa shape index (κ1) is 20.6. The minimum atomic E-state index is -3.29. The van der Waals surface area contributed by atoms with Gasteiger partial charge in [0.05, 0.1) is 12.5 Å². The number of nitrogen functional groups attached to an aromatic ring is 1. The molecular formula is C19H23F3N4O4. The predicted octanol–water partition coefficient (Wildman–Crippen LogP) is 1.20. The number of aliphatic hydroxyl groups excluding tert-OH is 1. The fourth-order valence-electron chi connectivity index (χ4n) is 4.26. The smallest absolute Gasteiger partial charge is 0.350 e. The van der Waals surface area contributed by atoms with E-state index in [9.17, 15) is 23.5 Å². The number of methoxy groups -OCH3 is 1. The van der Waals surface area contributed by atoms with Crippen molar-refractivity contribution in [2.45, 2.75) is 44.3 Å². The van der Waals surface area contributed by atoms with Crippen molar-refractivity contribution in [3.05, 3.63) is 32.7 Å². The number of ether oxygens (including phenoxy) is 1. The predicted molar refractivity (Wildman–Crippen MR) is 104 cm³/mol. The van der Waals surface area contributed by atoms with Crippen LogP contribution in [0.4, 0.5) is 18.9 Å². The lowest BCUT2D eigenvalue weighted by Gasteiger charge is -2.26. The Morgan fingerprint density at radius 3 is 2.53 bits per heavy atom. The van der Waals surface area contributed by atoms with E-state index >= 15 is 4.39 Å². The van der Waals surface area contributed by atoms with Crippen molar-refractivity contribution in [2.75, 3.05) is 30.9 Å². The molecule has 0 bridgehead atoms. The molecule has 1 aromatic heterocycles. The summed E-state index contributed by atoms with van der Waals surface area (Å²) in [4.78, 5) is 26.7. The number of halogens is 3. The van der Waals surface area contributed by atoms with Crippen LogP contribution in [0, 0.1) is 11.7 Å². The van der Waals surface area contributed by atoms with Gasteiger partial charge in [-0.15, -0.1) is 0 Å². The van der Waals surface area contributed by atoms with E-state index in [4.69, 9.17) is 10.6 Å². The van der Waals surface area contributed by atoms with Crippen molar-refractivity contribution in [1.29, 1.82) is 0 Å². The number of nitrogens with two attached hydrogens (primary N) is 1. The summed E-state index contributed by atoms with van der Waals surface area (Å²) in [5.74, 6) is 0.731. The number of aliphatic hydroxyl groups is 1. The number of nitrogens with zero attached hydrogens (tertiary/aromatic N) is 3. The van der Waals surface area contributed by atoms with E-state index in [1.54, 1.807) is 0 Å². The van der Waals surface area contributed by atoms with Gasteiger partial charge in [0.2, 0.25) is 0 Å². The van der Waals surface area contributed by atoms with Crippen LogP contribution >= 0.6 is 0 Å². The summed E-state index contributed by atoms with van der Waals surface area (Å²) in [6.07, 6.45) is -0.240. The highest BCUT2D eigenvalue weighted by Gasteiger charge is 2.42. The molecule has 164 valence electrons. The quantitative estimate of drug-likeness (QED) is 0.694. The largest absolute Gasteiger partial charge is 0.492 e. The van der Waals surface area contributed by atoms with E-state index < -0.39 is 35.0 Å². The normalized spacial score (nSPS) is 20.7. The van der Waals surface area contributed by atoms with E-state index in [2.05, 4.69) is 0 Å². The SMILES string of the molecule is COc1c(N2CCC(C(O)C(C)(F)F)C2)c(F)cc2c(=O)n(N)c(=O)n(C3CC3)c12. The maximum absolute atomic E-state index is 15.1. The number of hydrogen-bond acceptors (Lipinski definition) is 6. The standard InChI is InChI=1S/C19H23F3N4O4/c1-19(21,22)16(27)9-5-6-24(8-9)14-12(20)7-11-13(15(14)30-2)25(10-3-4-10)18(29)26(23)17(11)28/h7,9-10,16,27H,3-6,8,23H2,1-2H3. The maximum Gasteiger partial charge on any atom is 0.350 e. The topological polar surface area (TPSA) is 103 Å². The van der Waals surface area contributed by atoms with Crippen LogP contribution in [0.1, 0.15) is 32.2 Å². The zero-order chi connectivity index (χ0) is 22.0. The summed E-state index contributed by atoms with van der Waals surface area (Å²) in [6, 6.07) is 0.810. The van der Waals surface area contributed by atoms with Crippen LogP contribution in [0.15, 0.2) is 15.7 Å². The summed E-state index contributed by atoms with van der Waals surface area (Å²) in [6.45, 7) is 0.826. The van der Waals surface area contributed by atoms with Crippen LogP contribution in [0.3, 0.4) is 0 Å². The first-order valence-corrected chi connectivity index (χ1v) is 9.70. The zero-order valence-electron chi connectivity index (χ0n) is 16.6. The molecule has 11 heteroatoms. The van der Waals surface area contributed by atoms with Gasteiger partial charge in [0.25, 0.3) is 11.5 Å². The van der Waals surface area contributed by atoms with Crippen LogP contribution in [0.2, 0.25) is 0 Å². The Labute approximate surface area is 169 Å². The van der Waals surface area contributed by atoms with Crippen molar-refractivity contribution in [3.8, 4) is 5.75 Å². The lowest BCUT2D eigenvalue weighted by molar-refractivity contribution is -0.114. The van der Waals surface area contributed by atoms with Crippen molar-refractivity contribution in [1.82, 2.24) is 9.24 Å². The van der Waals surface area contributed by atoms with Gasteiger partial charge in [0.1, 0.15) is 17.3 Å². The summed E-state index contributed by atoms with van der Waals surface area (Å²) >= 11 is 0. The van der Waals surface area contributed by atoms with E-state index in [-0.39, 0.29) is 47.9 Å². The summed E-state index contributed by atoms with van der Waals surface area (Å²) < 4.78 is 49.5. The van der Waals surface area contributed by atoms with Gasteiger partial charge in [-0.2, -0.15) is 4.68 Å². The number of hydrogen-bond donors (Lipinski definition) is 2. The van der Waals surface area contributed by atoms with E-state index in [0.29, 0.717) is 24.4 Å². The zero-order valence-corrected chi connectivity index (χ0v) is 16.6. The molecular weight excluding hydrogens is 405 g/mol. The number of alkyl halides is 2. The molecule has 2 fully saturated rings. The third-order valence-corrected chi connectivity index (χ3v) is 5.91. The van der Waals surface area contributed by atoms with Crippen LogP contribution in [-0.2, 0) is 0 Å². The highest BCUT2D eigenvalue weighted by atomic mass is 19.3. The molecule has 2 unspecified atom stereocenters. The van der Waals surface area contributed by atoms with Crippen LogP contribution in [-0.4, -0.2) is 46.6 Å². The van der Waals surface area contributed by atoms with E-state index in [1.807, 2.05) is 0 Å². The molecule has 2 aromatic rings. The number of anilines is 1. The fraction of sp³-hybridized carbons (Fsp3) is 0.579. The van der Waals surface area contributed by atoms with Gasteiger partial charge in [-0.25, -0.2) is 18.0 Å². The molecule has 0 spiro atoms. The van der Waals surface area contributed by atoms with Crippen LogP contribution in [0.5, 0.6) is 5.75 Å². The molecule has 30 heavy (non-hydrogen) atoms. The Morgan fingerprint density at radius 2 is 1.97 bits per heavy atom. The van der Waals surface area contributed by atoms with Crippen molar-refractivity contribution >= 4 is 16.6 Å². The number of aromatic nitrogens is 2. The summed E-state index contributed by atoms with van der Waals surface area (Å²) in [7, 11) is 1.29. The molecule has 1 saturated heterocycles. The fourth-order valence-corrected chi connectivity index (χ4v) is 4.26. The van der Waals surface area contributed by atoms with Gasteiger partial charge in [0.15, 0.2) is 11.6 Å². The molecule has 1 saturated carbocycles. The Balaban J connectivity index is 1.89. The molecule has 4 rings (SSSR count). The third-order valence-electron chi connectivity index (χ3n) is 5.91. The van der Waals surface area contributed by atoms with E-state index in [0.717, 1.165) is 6.07 Å². The highest BCUT2D eigenvalue weighted by Crippen LogP contribution is 2.44. The molecule has 0 radical (unpaired) electrons. The van der Waals surface area contributed by atoms with Crippen molar-refractivity contribution < 1.29 is 23.0 Å². The van der Waals surface area contributed by atoms with Gasteiger partial charge in [-0.05, 0) is 25.3 Å². The number of benzene rings is 1. The Kier molecular flexibility index (Phi) is 4.75. The minimum Gasteiger partial charge on any atom is -0.492 e. The van der Waals surface area contributed by atoms with Gasteiger partial charge >= 0.3 is 5.69 Å². The van der Waals surface area contributed by atoms with Gasteiger partial charge in [-0.3, -0.25) is 9.36 Å². The molecule has 1 aliphatic heterocycles. The monoisotopic (exact) mass is 428 g/mol. The summed E-state index contributed by atoms with van der Waals surface area (Å²) in [5.41, 5.74) is -1.47. The lowest BCUT2D eigenvalue weighted by Crippen LogP contribution is -2.44. The Hall–Kier alpha value is -2.69. The Morgan fingerprint density at radius 1 is 1.30 bits per heavy atom. The first-order valence-electron chi connectivity index (χ1n) is 9.70. The molecule has 2 aliphatic rings. The van der Waals surface area contributed by atoms with Gasteiger partial charge in [0, 0.05) is 32.0 Å². The second-order valence-electron chi connectivity index (χ2n) is 8.09. The molecule has 2 atom stereocenters. The molecule has 3 N–H and O–H groups in total. The molecule has 0 amide bonds. The Bertz CT molecular complexity index is 1120. The number of fused-ring (bicyclic) bond motifs is 1. The molecule has 1 aromatic carbocycles. The first-order chi connectivity index (χ1) is 14.1. The van der Waals surface area contributed by atoms with Gasteiger partial charge < -0.3 is 20.6 Å². The highest BCUT2D eigenvalue weighted by molar-refractivity contribution is 5.91. The van der Waals surface area contributed by atoms with Gasteiger partial charge in [-0.1, -0.05) is 0 Å². The second-order valence-corrected chi connectivity index (χ2v) is 8.09. The maximum atomic E-state index is 15.1. The third kappa shape index (κ3) is 3.11. The second kappa shape index (κ2) is 6.93. The lowest BCUT2D eigenvalue weighted by atomic mass is 9.97. The number of rotatable bonds is 5. The minimum absolute atomic E-state index is 0.0228. The molecule has 2 heterocycles. The molecule has 1 aliphatic carbocycles. The van der Waals surface area contributed by atoms with Crippen molar-refractivity contribution in [2.24, 2.45) is 5.92 Å². The molecule has 8 nitrogen and oxygen atoms in total. The van der Waals surface area contributed by atoms with Crippen LogP contribution in [0.25, 0.3) is 10.9 Å². The van der Waals surface area contributed by atoms with Crippen molar-refractivity contribution in [3.63, 3.8) is 0 Å². The summed E-state index contributed by atoms with van der Waals surface area (Å²) in [5, 5.41) is 9.84. The average Bonchev–Trinajstić information content (AvgIpc) is 3.40. The van der Waals surface area contributed by atoms with E-state index in [1.165, 1.54) is 16.6 Å².